The lowest BCUT2D eigenvalue weighted by Crippen LogP contribution is -2.07. The fraction of sp³-hybridized carbons (Fsp3) is 0.154. The standard InChI is InChI=1S/C26H23BrN4O3S/c1-3-34-25(33)17-8-11-20(12-9-17)28-26(35)30-29-23-21-14-19(27)10-13-22(21)31(24(23)32)15-18-7-5-4-6-16(18)2/h4-14,32H,3,15H2,1-2H3,(H,28,35). The van der Waals surface area contributed by atoms with Crippen molar-refractivity contribution in [1.29, 1.82) is 0 Å². The molecule has 0 fully saturated rings. The number of fused-ring (bicyclic) bond motifs is 1. The van der Waals surface area contributed by atoms with Crippen molar-refractivity contribution in [1.82, 2.24) is 4.57 Å². The van der Waals surface area contributed by atoms with Gasteiger partial charge in [0.15, 0.2) is 5.69 Å². The molecule has 0 atom stereocenters. The SMILES string of the molecule is CCOC(=O)c1ccc(NC(=S)N=Nc2c(O)n(Cc3ccccc3C)c3ccc(Br)cc23)cc1. The molecule has 1 aromatic heterocycles. The maximum atomic E-state index is 11.8. The van der Waals surface area contributed by atoms with E-state index >= 15 is 0 Å². The van der Waals surface area contributed by atoms with Gasteiger partial charge in [0.2, 0.25) is 11.0 Å². The number of halogens is 1. The van der Waals surface area contributed by atoms with Crippen LogP contribution in [0.1, 0.15) is 28.4 Å². The molecule has 0 bridgehead atoms. The summed E-state index contributed by atoms with van der Waals surface area (Å²) in [7, 11) is 0. The molecule has 7 nitrogen and oxygen atoms in total. The Morgan fingerprint density at radius 2 is 1.89 bits per heavy atom. The topological polar surface area (TPSA) is 88.2 Å². The van der Waals surface area contributed by atoms with Crippen molar-refractivity contribution in [2.24, 2.45) is 10.2 Å². The van der Waals surface area contributed by atoms with Crippen molar-refractivity contribution in [2.45, 2.75) is 20.4 Å². The van der Waals surface area contributed by atoms with Gasteiger partial charge in [0.1, 0.15) is 0 Å². The van der Waals surface area contributed by atoms with Crippen LogP contribution in [0.15, 0.2) is 81.4 Å². The van der Waals surface area contributed by atoms with Crippen LogP contribution in [0.2, 0.25) is 0 Å². The number of nitrogens with zero attached hydrogens (tertiary/aromatic N) is 3. The monoisotopic (exact) mass is 550 g/mol. The molecular weight excluding hydrogens is 528 g/mol. The molecule has 0 amide bonds. The zero-order valence-electron chi connectivity index (χ0n) is 19.2. The van der Waals surface area contributed by atoms with E-state index in [1.807, 2.05) is 54.0 Å². The first kappa shape index (κ1) is 24.6. The summed E-state index contributed by atoms with van der Waals surface area (Å²) in [4.78, 5) is 11.8. The molecule has 9 heteroatoms. The fourth-order valence-corrected chi connectivity index (χ4v) is 4.18. The Balaban J connectivity index is 1.59. The number of aromatic hydroxyl groups is 1. The molecule has 0 aliphatic rings. The summed E-state index contributed by atoms with van der Waals surface area (Å²) in [6.07, 6.45) is 0. The molecule has 0 spiro atoms. The highest BCUT2D eigenvalue weighted by atomic mass is 79.9. The Kier molecular flexibility index (Phi) is 7.57. The Morgan fingerprint density at radius 1 is 1.14 bits per heavy atom. The van der Waals surface area contributed by atoms with Gasteiger partial charge in [-0.25, -0.2) is 4.79 Å². The van der Waals surface area contributed by atoms with Crippen LogP contribution in [-0.2, 0) is 11.3 Å². The fourth-order valence-electron chi connectivity index (χ4n) is 3.66. The molecule has 0 unspecified atom stereocenters. The molecule has 2 N–H and O–H groups in total. The molecule has 0 aliphatic carbocycles. The molecule has 4 aromatic rings. The van der Waals surface area contributed by atoms with Crippen molar-refractivity contribution in [3.63, 3.8) is 0 Å². The molecule has 35 heavy (non-hydrogen) atoms. The third-order valence-corrected chi connectivity index (χ3v) is 6.13. The number of carbonyl (C=O) groups excluding carboxylic acids is 1. The Labute approximate surface area is 216 Å². The number of aromatic nitrogens is 1. The zero-order chi connectivity index (χ0) is 24.9. The summed E-state index contributed by atoms with van der Waals surface area (Å²) in [6.45, 7) is 4.60. The van der Waals surface area contributed by atoms with E-state index in [-0.39, 0.29) is 17.0 Å². The van der Waals surface area contributed by atoms with Crippen molar-refractivity contribution in [3.05, 3.63) is 87.9 Å². The van der Waals surface area contributed by atoms with Crippen LogP contribution in [0.4, 0.5) is 11.4 Å². The predicted octanol–water partition coefficient (Wildman–Crippen LogP) is 7.12. The van der Waals surface area contributed by atoms with Crippen molar-refractivity contribution < 1.29 is 14.6 Å². The van der Waals surface area contributed by atoms with E-state index in [2.05, 4.69) is 31.5 Å². The number of azo groups is 1. The highest BCUT2D eigenvalue weighted by Gasteiger charge is 2.18. The minimum absolute atomic E-state index is 0.00620. The normalized spacial score (nSPS) is 11.2. The van der Waals surface area contributed by atoms with Gasteiger partial charge in [-0.15, -0.1) is 10.2 Å². The maximum Gasteiger partial charge on any atom is 0.338 e. The smallest absolute Gasteiger partial charge is 0.338 e. The zero-order valence-corrected chi connectivity index (χ0v) is 21.6. The van der Waals surface area contributed by atoms with Gasteiger partial charge < -0.3 is 19.7 Å². The Hall–Kier alpha value is -3.56. The van der Waals surface area contributed by atoms with Crippen molar-refractivity contribution >= 4 is 61.5 Å². The number of anilines is 1. The van der Waals surface area contributed by atoms with Gasteiger partial charge in [-0.05, 0) is 79.7 Å². The molecular formula is C26H23BrN4O3S. The largest absolute Gasteiger partial charge is 0.493 e. The van der Waals surface area contributed by atoms with E-state index in [9.17, 15) is 9.90 Å². The van der Waals surface area contributed by atoms with Crippen LogP contribution < -0.4 is 5.32 Å². The molecule has 0 radical (unpaired) electrons. The molecule has 0 saturated heterocycles. The minimum Gasteiger partial charge on any atom is -0.493 e. The van der Waals surface area contributed by atoms with Crippen molar-refractivity contribution in [3.8, 4) is 5.88 Å². The number of hydrogen-bond donors (Lipinski definition) is 2. The quantitative estimate of drug-likeness (QED) is 0.151. The van der Waals surface area contributed by atoms with Gasteiger partial charge in [0.25, 0.3) is 0 Å². The minimum atomic E-state index is -0.384. The number of esters is 1. The lowest BCUT2D eigenvalue weighted by Gasteiger charge is -2.09. The van der Waals surface area contributed by atoms with Crippen molar-refractivity contribution in [2.75, 3.05) is 11.9 Å². The van der Waals surface area contributed by atoms with Crippen LogP contribution in [0.3, 0.4) is 0 Å². The van der Waals surface area contributed by atoms with Crippen LogP contribution >= 0.6 is 28.1 Å². The van der Waals surface area contributed by atoms with Crippen LogP contribution in [0, 0.1) is 6.92 Å². The highest BCUT2D eigenvalue weighted by molar-refractivity contribution is 9.10. The molecule has 3 aromatic carbocycles. The number of rotatable bonds is 6. The number of thiocarbonyl (C=S) groups is 1. The van der Waals surface area contributed by atoms with Crippen LogP contribution in [0.25, 0.3) is 10.9 Å². The first-order valence-corrected chi connectivity index (χ1v) is 12.1. The number of carbonyl (C=O) groups is 1. The molecule has 4 rings (SSSR count). The van der Waals surface area contributed by atoms with E-state index in [4.69, 9.17) is 17.0 Å². The van der Waals surface area contributed by atoms with E-state index in [0.717, 1.165) is 26.5 Å². The summed E-state index contributed by atoms with van der Waals surface area (Å²) in [6, 6.07) is 20.5. The number of benzene rings is 3. The summed E-state index contributed by atoms with van der Waals surface area (Å²) in [5.41, 5.74) is 4.48. The van der Waals surface area contributed by atoms with Crippen LogP contribution in [0.5, 0.6) is 5.88 Å². The molecule has 0 aliphatic heterocycles. The van der Waals surface area contributed by atoms with Gasteiger partial charge in [0, 0.05) is 15.5 Å². The second kappa shape index (κ2) is 10.8. The van der Waals surface area contributed by atoms with Gasteiger partial charge in [0.05, 0.1) is 24.2 Å². The molecule has 178 valence electrons. The number of aryl methyl sites for hydroxylation is 1. The summed E-state index contributed by atoms with van der Waals surface area (Å²) in [5.74, 6) is -0.378. The van der Waals surface area contributed by atoms with Crippen LogP contribution in [-0.4, -0.2) is 27.4 Å². The van der Waals surface area contributed by atoms with Gasteiger partial charge in [-0.2, -0.15) is 0 Å². The second-order valence-electron chi connectivity index (χ2n) is 7.77. The van der Waals surface area contributed by atoms with Gasteiger partial charge in [-0.3, -0.25) is 0 Å². The maximum absolute atomic E-state index is 11.8. The first-order valence-electron chi connectivity index (χ1n) is 10.9. The number of hydrogen-bond acceptors (Lipinski definition) is 5. The molecule has 1 heterocycles. The molecule has 0 saturated carbocycles. The highest BCUT2D eigenvalue weighted by Crippen LogP contribution is 2.40. The summed E-state index contributed by atoms with van der Waals surface area (Å²) >= 11 is 8.82. The lowest BCUT2D eigenvalue weighted by molar-refractivity contribution is 0.0526. The average Bonchev–Trinajstić information content (AvgIpc) is 3.09. The first-order chi connectivity index (χ1) is 16.9. The van der Waals surface area contributed by atoms with E-state index in [1.165, 1.54) is 0 Å². The lowest BCUT2D eigenvalue weighted by atomic mass is 10.1. The van der Waals surface area contributed by atoms with E-state index < -0.39 is 0 Å². The Morgan fingerprint density at radius 3 is 2.60 bits per heavy atom. The average molecular weight is 551 g/mol. The summed E-state index contributed by atoms with van der Waals surface area (Å²) < 4.78 is 7.66. The van der Waals surface area contributed by atoms with E-state index in [0.29, 0.717) is 30.1 Å². The second-order valence-corrected chi connectivity index (χ2v) is 9.08. The number of ether oxygens (including phenoxy) is 1. The Bertz CT molecular complexity index is 1430. The van der Waals surface area contributed by atoms with Gasteiger partial charge >= 0.3 is 5.97 Å². The third-order valence-electron chi connectivity index (χ3n) is 5.45. The van der Waals surface area contributed by atoms with Gasteiger partial charge in [-0.1, -0.05) is 40.2 Å². The number of nitrogens with one attached hydrogen (secondary N) is 1. The summed E-state index contributed by atoms with van der Waals surface area (Å²) in [5, 5.41) is 23.3. The predicted molar refractivity (Wildman–Crippen MR) is 145 cm³/mol. The third kappa shape index (κ3) is 5.58. The van der Waals surface area contributed by atoms with E-state index in [1.54, 1.807) is 31.2 Å².